The number of rotatable bonds is 9. The first-order chi connectivity index (χ1) is 13.8. The Kier molecular flexibility index (Phi) is 6.69. The highest BCUT2D eigenvalue weighted by Gasteiger charge is 2.37. The van der Waals surface area contributed by atoms with Crippen molar-refractivity contribution in [3.63, 3.8) is 0 Å². The van der Waals surface area contributed by atoms with E-state index in [0.717, 1.165) is 25.0 Å². The number of aromatic nitrogens is 3. The summed E-state index contributed by atoms with van der Waals surface area (Å²) in [6.45, 7) is 4.45. The molecule has 29 heavy (non-hydrogen) atoms. The van der Waals surface area contributed by atoms with Crippen LogP contribution in [-0.2, 0) is 24.2 Å². The van der Waals surface area contributed by atoms with Gasteiger partial charge >= 0.3 is 13.1 Å². The number of Topliss-reactive ketones (excluding diaryl/α,β-unsaturated/α-hetero) is 1. The molecule has 1 aliphatic heterocycles. The summed E-state index contributed by atoms with van der Waals surface area (Å²) >= 11 is 0. The molecule has 1 aliphatic rings. The molecule has 3 rings (SSSR count). The molecule has 2 heterocycles. The minimum atomic E-state index is -1.23. The lowest BCUT2D eigenvalue weighted by Gasteiger charge is -2.27. The van der Waals surface area contributed by atoms with Gasteiger partial charge in [0.05, 0.1) is 11.3 Å². The average Bonchev–Trinajstić information content (AvgIpc) is 3.08. The monoisotopic (exact) mass is 399 g/mol. The summed E-state index contributed by atoms with van der Waals surface area (Å²) in [7, 11) is -1.23. The van der Waals surface area contributed by atoms with Gasteiger partial charge in [0.1, 0.15) is 12.3 Å². The van der Waals surface area contributed by atoms with Crippen molar-refractivity contribution < 1.29 is 24.4 Å². The number of para-hydroxylation sites is 1. The first-order valence-corrected chi connectivity index (χ1v) is 9.94. The second kappa shape index (κ2) is 9.22. The Labute approximate surface area is 170 Å². The first kappa shape index (κ1) is 21.0. The summed E-state index contributed by atoms with van der Waals surface area (Å²) in [6.07, 6.45) is 5.27. The van der Waals surface area contributed by atoms with Gasteiger partial charge in [0.25, 0.3) is 0 Å². The van der Waals surface area contributed by atoms with Gasteiger partial charge in [-0.1, -0.05) is 37.6 Å². The fraction of sp³-hybridized carbons (Fsp3) is 0.500. The highest BCUT2D eigenvalue weighted by Crippen LogP contribution is 2.36. The van der Waals surface area contributed by atoms with Gasteiger partial charge in [-0.25, -0.2) is 9.48 Å². The third-order valence-electron chi connectivity index (χ3n) is 5.08. The Hall–Kier alpha value is -2.68. The third-order valence-corrected chi connectivity index (χ3v) is 5.08. The van der Waals surface area contributed by atoms with E-state index in [1.807, 2.05) is 0 Å². The highest BCUT2D eigenvalue weighted by atomic mass is 16.5. The second-order valence-corrected chi connectivity index (χ2v) is 8.01. The van der Waals surface area contributed by atoms with Crippen LogP contribution in [0, 0.1) is 5.92 Å². The molecule has 0 radical (unpaired) electrons. The van der Waals surface area contributed by atoms with Crippen LogP contribution in [0.2, 0.25) is 5.82 Å². The molecule has 0 saturated carbocycles. The minimum absolute atomic E-state index is 0.0129. The van der Waals surface area contributed by atoms with Crippen molar-refractivity contribution in [3.8, 4) is 5.75 Å². The van der Waals surface area contributed by atoms with E-state index in [9.17, 15) is 19.7 Å². The van der Waals surface area contributed by atoms with Crippen molar-refractivity contribution in [2.24, 2.45) is 5.92 Å². The van der Waals surface area contributed by atoms with Crippen molar-refractivity contribution in [3.05, 3.63) is 41.2 Å². The van der Waals surface area contributed by atoms with Crippen LogP contribution < -0.4 is 4.65 Å². The summed E-state index contributed by atoms with van der Waals surface area (Å²) in [5.74, 6) is -0.813. The quantitative estimate of drug-likeness (QED) is 0.623. The molecule has 0 spiro atoms. The minimum Gasteiger partial charge on any atom is -0.535 e. The molecule has 1 atom stereocenters. The molecule has 0 saturated heterocycles. The predicted molar refractivity (Wildman–Crippen MR) is 107 cm³/mol. The zero-order valence-electron chi connectivity index (χ0n) is 16.7. The Bertz CT molecular complexity index is 883. The number of aryl methyl sites for hydroxylation is 1. The van der Waals surface area contributed by atoms with E-state index in [4.69, 9.17) is 4.65 Å². The number of fused-ring (bicyclic) bond motifs is 1. The zero-order valence-corrected chi connectivity index (χ0v) is 16.7. The van der Waals surface area contributed by atoms with E-state index < -0.39 is 18.9 Å². The summed E-state index contributed by atoms with van der Waals surface area (Å²) < 4.78 is 6.97. The van der Waals surface area contributed by atoms with Crippen LogP contribution in [-0.4, -0.2) is 44.0 Å². The molecule has 2 aromatic rings. The Balaban J connectivity index is 1.57. The van der Waals surface area contributed by atoms with Gasteiger partial charge < -0.3 is 14.8 Å². The summed E-state index contributed by atoms with van der Waals surface area (Å²) in [6, 6.07) is 4.83. The Morgan fingerprint density at radius 1 is 1.38 bits per heavy atom. The van der Waals surface area contributed by atoms with Crippen molar-refractivity contribution in [1.82, 2.24) is 15.0 Å². The zero-order chi connectivity index (χ0) is 21.0. The number of ketones is 1. The van der Waals surface area contributed by atoms with Crippen molar-refractivity contribution in [2.45, 2.75) is 58.3 Å². The fourth-order valence-corrected chi connectivity index (χ4v) is 3.59. The smallest absolute Gasteiger partial charge is 0.526 e. The van der Waals surface area contributed by atoms with Crippen molar-refractivity contribution in [2.75, 3.05) is 0 Å². The number of carbonyl (C=O) groups is 2. The average molecular weight is 399 g/mol. The van der Waals surface area contributed by atoms with Crippen molar-refractivity contribution >= 4 is 18.9 Å². The standard InChI is InChI=1S/C20H26BN3O5/c1-13(2)5-3-7-16-11-24(23-22-16)12-17(25)10-15-9-14-6-4-8-18(20(26)27)19(14)29-21(15)28/h4,6,8,11,13,15,28H,3,5,7,9-10,12H2,1-2H3,(H,26,27)/t15-/m1/s1. The number of hydrogen-bond acceptors (Lipinski definition) is 6. The maximum absolute atomic E-state index is 12.5. The molecule has 8 nitrogen and oxygen atoms in total. The number of hydrogen-bond donors (Lipinski definition) is 2. The molecule has 2 N–H and O–H groups in total. The molecular weight excluding hydrogens is 373 g/mol. The topological polar surface area (TPSA) is 115 Å². The summed E-state index contributed by atoms with van der Waals surface area (Å²) in [5.41, 5.74) is 1.56. The van der Waals surface area contributed by atoms with Gasteiger partial charge in [-0.3, -0.25) is 4.79 Å². The van der Waals surface area contributed by atoms with Gasteiger partial charge in [0, 0.05) is 18.4 Å². The lowest BCUT2D eigenvalue weighted by atomic mass is 9.64. The molecule has 1 aromatic carbocycles. The fourth-order valence-electron chi connectivity index (χ4n) is 3.59. The molecule has 0 bridgehead atoms. The molecule has 9 heteroatoms. The molecular formula is C20H26BN3O5. The van der Waals surface area contributed by atoms with Gasteiger partial charge in [-0.15, -0.1) is 5.10 Å². The maximum atomic E-state index is 12.5. The maximum Gasteiger partial charge on any atom is 0.526 e. The number of carboxylic acid groups (broad SMARTS) is 1. The molecule has 0 amide bonds. The Morgan fingerprint density at radius 2 is 2.17 bits per heavy atom. The van der Waals surface area contributed by atoms with Crippen LogP contribution in [0.3, 0.4) is 0 Å². The van der Waals surface area contributed by atoms with E-state index in [1.54, 1.807) is 18.3 Å². The van der Waals surface area contributed by atoms with Crippen LogP contribution in [0.4, 0.5) is 0 Å². The highest BCUT2D eigenvalue weighted by molar-refractivity contribution is 6.47. The van der Waals surface area contributed by atoms with E-state index in [0.29, 0.717) is 17.9 Å². The van der Waals surface area contributed by atoms with E-state index in [1.165, 1.54) is 10.7 Å². The third kappa shape index (κ3) is 5.44. The van der Waals surface area contributed by atoms with Crippen LogP contribution in [0.1, 0.15) is 54.7 Å². The lowest BCUT2D eigenvalue weighted by molar-refractivity contribution is -0.120. The number of benzene rings is 1. The first-order valence-electron chi connectivity index (χ1n) is 9.94. The van der Waals surface area contributed by atoms with Gasteiger partial charge in [0.15, 0.2) is 5.78 Å². The van der Waals surface area contributed by atoms with Crippen LogP contribution in [0.25, 0.3) is 0 Å². The van der Waals surface area contributed by atoms with Crippen LogP contribution >= 0.6 is 0 Å². The largest absolute Gasteiger partial charge is 0.535 e. The number of nitrogens with zero attached hydrogens (tertiary/aromatic N) is 3. The van der Waals surface area contributed by atoms with Crippen LogP contribution in [0.5, 0.6) is 5.75 Å². The lowest BCUT2D eigenvalue weighted by Crippen LogP contribution is -2.36. The molecule has 0 aliphatic carbocycles. The Morgan fingerprint density at radius 3 is 2.90 bits per heavy atom. The summed E-state index contributed by atoms with van der Waals surface area (Å²) in [4.78, 5) is 23.8. The van der Waals surface area contributed by atoms with E-state index >= 15 is 0 Å². The second-order valence-electron chi connectivity index (χ2n) is 8.01. The molecule has 0 unspecified atom stereocenters. The SMILES string of the molecule is CC(C)CCCc1cn(CC(=O)C[C@H]2Cc3cccc(C(=O)O)c3OB2O)nn1. The number of carbonyl (C=O) groups excluding carboxylic acids is 1. The van der Waals surface area contributed by atoms with Crippen molar-refractivity contribution in [1.29, 1.82) is 0 Å². The molecule has 0 fully saturated rings. The van der Waals surface area contributed by atoms with Gasteiger partial charge in [0.2, 0.25) is 0 Å². The molecule has 1 aromatic heterocycles. The number of carboxylic acids is 1. The number of aromatic carboxylic acids is 1. The van der Waals surface area contributed by atoms with Gasteiger partial charge in [-0.2, -0.15) is 0 Å². The predicted octanol–water partition coefficient (Wildman–Crippen LogP) is 2.40. The van der Waals surface area contributed by atoms with Gasteiger partial charge in [-0.05, 0) is 36.8 Å². The normalized spacial score (nSPS) is 15.9. The van der Waals surface area contributed by atoms with E-state index in [-0.39, 0.29) is 30.1 Å². The summed E-state index contributed by atoms with van der Waals surface area (Å²) in [5, 5.41) is 27.7. The molecule has 154 valence electrons. The van der Waals surface area contributed by atoms with Crippen LogP contribution in [0.15, 0.2) is 24.4 Å². The van der Waals surface area contributed by atoms with E-state index in [2.05, 4.69) is 24.2 Å².